The second-order valence-electron chi connectivity index (χ2n) is 7.70. The van der Waals surface area contributed by atoms with E-state index in [1.165, 1.54) is 6.20 Å². The Hall–Kier alpha value is -3.14. The Morgan fingerprint density at radius 1 is 1.31 bits per heavy atom. The minimum atomic E-state index is -0.615. The van der Waals surface area contributed by atoms with E-state index in [0.29, 0.717) is 30.3 Å². The summed E-state index contributed by atoms with van der Waals surface area (Å²) in [5.74, 6) is -0.578. The van der Waals surface area contributed by atoms with E-state index in [9.17, 15) is 4.79 Å². The van der Waals surface area contributed by atoms with Gasteiger partial charge in [-0.2, -0.15) is 0 Å². The number of nitrogens with zero attached hydrogens (tertiary/aromatic N) is 3. The van der Waals surface area contributed by atoms with Crippen molar-refractivity contribution < 1.29 is 19.0 Å². The van der Waals surface area contributed by atoms with Crippen molar-refractivity contribution >= 4 is 28.9 Å². The number of pyridine rings is 1. The first kappa shape index (κ1) is 20.7. The number of nitrogens with one attached hydrogen (secondary N) is 1. The molecule has 1 atom stereocenters. The summed E-state index contributed by atoms with van der Waals surface area (Å²) < 4.78 is 19.5. The second-order valence-corrected chi connectivity index (χ2v) is 8.08. The summed E-state index contributed by atoms with van der Waals surface area (Å²) in [6, 6.07) is 7.26. The number of imidazole rings is 1. The number of primary amides is 1. The lowest BCUT2D eigenvalue weighted by Gasteiger charge is -2.44. The predicted octanol–water partition coefficient (Wildman–Crippen LogP) is 3.53. The van der Waals surface area contributed by atoms with E-state index < -0.39 is 11.7 Å². The van der Waals surface area contributed by atoms with Crippen LogP contribution in [0.3, 0.4) is 0 Å². The number of hydrogen-bond acceptors (Lipinski definition) is 7. The molecule has 2 aromatic heterocycles. The lowest BCUT2D eigenvalue weighted by atomic mass is 9.84. The molecule has 2 aliphatic rings. The summed E-state index contributed by atoms with van der Waals surface area (Å²) in [6.07, 6.45) is 6.94. The van der Waals surface area contributed by atoms with Gasteiger partial charge in [0.2, 0.25) is 0 Å². The zero-order valence-electron chi connectivity index (χ0n) is 17.4. The highest BCUT2D eigenvalue weighted by molar-refractivity contribution is 6.29. The van der Waals surface area contributed by atoms with Crippen LogP contribution in [0, 0.1) is 0 Å². The molecule has 166 valence electrons. The molecular formula is C22H22ClN5O4. The molecule has 1 aliphatic heterocycles. The zero-order chi connectivity index (χ0) is 22.3. The molecule has 1 amide bonds. The van der Waals surface area contributed by atoms with Crippen LogP contribution in [0.25, 0.3) is 11.3 Å². The lowest BCUT2D eigenvalue weighted by molar-refractivity contribution is -0.240. The van der Waals surface area contributed by atoms with E-state index in [0.717, 1.165) is 24.1 Å². The van der Waals surface area contributed by atoms with Gasteiger partial charge in [0.15, 0.2) is 11.5 Å². The molecule has 0 bridgehead atoms. The van der Waals surface area contributed by atoms with Gasteiger partial charge in [0.05, 0.1) is 55.3 Å². The summed E-state index contributed by atoms with van der Waals surface area (Å²) in [4.78, 5) is 20.3. The smallest absolute Gasteiger partial charge is 0.252 e. The van der Waals surface area contributed by atoms with E-state index >= 15 is 0 Å². The van der Waals surface area contributed by atoms with Gasteiger partial charge in [0.25, 0.3) is 5.91 Å². The largest absolute Gasteiger partial charge is 0.494 e. The van der Waals surface area contributed by atoms with Gasteiger partial charge in [-0.15, -0.1) is 0 Å². The van der Waals surface area contributed by atoms with Gasteiger partial charge in [-0.3, -0.25) is 4.79 Å². The van der Waals surface area contributed by atoms with Crippen LogP contribution in [0.1, 0.15) is 29.2 Å². The number of methoxy groups -OCH3 is 1. The molecule has 1 saturated carbocycles. The molecule has 32 heavy (non-hydrogen) atoms. The summed E-state index contributed by atoms with van der Waals surface area (Å²) in [5, 5.41) is 3.42. The van der Waals surface area contributed by atoms with Crippen LogP contribution in [-0.2, 0) is 9.47 Å². The number of anilines is 2. The molecule has 1 aromatic carbocycles. The molecule has 9 nitrogen and oxygen atoms in total. The molecule has 5 rings (SSSR count). The number of halogens is 1. The Kier molecular flexibility index (Phi) is 5.24. The fourth-order valence-electron chi connectivity index (χ4n) is 4.27. The molecule has 1 saturated heterocycles. The van der Waals surface area contributed by atoms with E-state index in [2.05, 4.69) is 15.3 Å². The van der Waals surface area contributed by atoms with Crippen molar-refractivity contribution in [2.24, 2.45) is 5.73 Å². The number of carbonyl (C=O) groups is 1. The van der Waals surface area contributed by atoms with Gasteiger partial charge in [0.1, 0.15) is 5.15 Å². The van der Waals surface area contributed by atoms with E-state index in [-0.39, 0.29) is 16.8 Å². The highest BCUT2D eigenvalue weighted by Crippen LogP contribution is 2.49. The molecule has 1 unspecified atom stereocenters. The molecular weight excluding hydrogens is 434 g/mol. The average molecular weight is 456 g/mol. The van der Waals surface area contributed by atoms with E-state index in [4.69, 9.17) is 31.5 Å². The molecule has 3 heterocycles. The summed E-state index contributed by atoms with van der Waals surface area (Å²) >= 11 is 6.02. The lowest BCUT2D eigenvalue weighted by Crippen LogP contribution is -2.48. The number of ether oxygens (including phenoxy) is 3. The first-order valence-corrected chi connectivity index (χ1v) is 10.6. The van der Waals surface area contributed by atoms with Crippen molar-refractivity contribution in [2.75, 3.05) is 25.6 Å². The Balaban J connectivity index is 1.48. The average Bonchev–Trinajstić information content (AvgIpc) is 3.44. The quantitative estimate of drug-likeness (QED) is 0.546. The van der Waals surface area contributed by atoms with Crippen LogP contribution in [0.5, 0.6) is 5.75 Å². The van der Waals surface area contributed by atoms with Crippen LogP contribution < -0.4 is 15.8 Å². The number of benzene rings is 1. The van der Waals surface area contributed by atoms with Crippen LogP contribution in [0.4, 0.5) is 11.4 Å². The number of para-hydroxylation sites is 1. The van der Waals surface area contributed by atoms with E-state index in [1.807, 2.05) is 29.0 Å². The first-order valence-electron chi connectivity index (χ1n) is 10.2. The maximum absolute atomic E-state index is 11.8. The number of aromatic nitrogens is 3. The van der Waals surface area contributed by atoms with Crippen molar-refractivity contribution in [1.82, 2.24) is 14.5 Å². The molecule has 3 aromatic rings. The monoisotopic (exact) mass is 455 g/mol. The topological polar surface area (TPSA) is 114 Å². The molecule has 3 N–H and O–H groups in total. The third-order valence-corrected chi connectivity index (χ3v) is 6.12. The molecule has 1 aliphatic carbocycles. The van der Waals surface area contributed by atoms with Crippen molar-refractivity contribution in [3.05, 3.63) is 53.7 Å². The normalized spacial score (nSPS) is 19.0. The van der Waals surface area contributed by atoms with Crippen molar-refractivity contribution in [3.63, 3.8) is 0 Å². The van der Waals surface area contributed by atoms with Crippen LogP contribution in [0.2, 0.25) is 5.15 Å². The van der Waals surface area contributed by atoms with E-state index in [1.54, 1.807) is 19.5 Å². The standard InChI is InChI=1S/C22H22ClN5O4/c1-30-20-13(17-11-28(12-26-17)18-5-6-22(18)31-7-8-32-22)3-2-4-15(20)27-16-9-19(23)25-10-14(16)21(24)29/h2-4,9-12,18H,5-8H2,1H3,(H2,24,29)(H,25,27). The minimum absolute atomic E-state index is 0.0932. The number of hydrogen-bond donors (Lipinski definition) is 2. The van der Waals surface area contributed by atoms with Gasteiger partial charge < -0.3 is 29.8 Å². The molecule has 1 spiro atoms. The van der Waals surface area contributed by atoms with Crippen molar-refractivity contribution in [3.8, 4) is 17.0 Å². The van der Waals surface area contributed by atoms with Crippen LogP contribution >= 0.6 is 11.6 Å². The first-order chi connectivity index (χ1) is 15.5. The zero-order valence-corrected chi connectivity index (χ0v) is 18.1. The summed E-state index contributed by atoms with van der Waals surface area (Å²) in [6.45, 7) is 1.23. The molecule has 0 radical (unpaired) electrons. The van der Waals surface area contributed by atoms with Gasteiger partial charge in [0, 0.05) is 24.4 Å². The van der Waals surface area contributed by atoms with Crippen molar-refractivity contribution in [2.45, 2.75) is 24.7 Å². The minimum Gasteiger partial charge on any atom is -0.494 e. The molecule has 10 heteroatoms. The third-order valence-electron chi connectivity index (χ3n) is 5.91. The second kappa shape index (κ2) is 8.09. The Bertz CT molecular complexity index is 1170. The van der Waals surface area contributed by atoms with Gasteiger partial charge >= 0.3 is 0 Å². The number of rotatable bonds is 6. The van der Waals surface area contributed by atoms with Gasteiger partial charge in [-0.1, -0.05) is 17.7 Å². The molecule has 2 fully saturated rings. The summed E-state index contributed by atoms with van der Waals surface area (Å²) in [7, 11) is 1.58. The van der Waals surface area contributed by atoms with Crippen molar-refractivity contribution in [1.29, 1.82) is 0 Å². The fourth-order valence-corrected chi connectivity index (χ4v) is 4.43. The Labute approximate surface area is 189 Å². The van der Waals surface area contributed by atoms with Crippen LogP contribution in [-0.4, -0.2) is 46.6 Å². The predicted molar refractivity (Wildman–Crippen MR) is 118 cm³/mol. The highest BCUT2D eigenvalue weighted by Gasteiger charge is 2.52. The maximum atomic E-state index is 11.8. The Morgan fingerprint density at radius 2 is 2.12 bits per heavy atom. The fraction of sp³-hybridized carbons (Fsp3) is 0.318. The maximum Gasteiger partial charge on any atom is 0.252 e. The van der Waals surface area contributed by atoms with Crippen LogP contribution in [0.15, 0.2) is 43.0 Å². The number of nitrogens with two attached hydrogens (primary N) is 1. The highest BCUT2D eigenvalue weighted by atomic mass is 35.5. The van der Waals surface area contributed by atoms with Gasteiger partial charge in [-0.05, 0) is 24.6 Å². The van der Waals surface area contributed by atoms with Gasteiger partial charge in [-0.25, -0.2) is 9.97 Å². The number of amides is 1. The Morgan fingerprint density at radius 3 is 2.81 bits per heavy atom. The number of carbonyl (C=O) groups excluding carboxylic acids is 1. The summed E-state index contributed by atoms with van der Waals surface area (Å²) in [5.41, 5.74) is 8.30. The third kappa shape index (κ3) is 3.48. The SMILES string of the molecule is COc1c(Nc2cc(Cl)ncc2C(N)=O)cccc1-c1cn(C2CCC23OCCO3)cn1.